The average molecular weight is 190 g/mol. The molecule has 5 nitrogen and oxygen atoms in total. The second kappa shape index (κ2) is 6.71. The van der Waals surface area contributed by atoms with E-state index in [1.165, 1.54) is 14.2 Å². The summed E-state index contributed by atoms with van der Waals surface area (Å²) >= 11 is 0. The van der Waals surface area contributed by atoms with Crippen molar-refractivity contribution in [3.05, 3.63) is 7.11 Å². The molecule has 0 aromatic carbocycles. The molecule has 0 aromatic heterocycles. The molecular weight excluding hydrogens is 174 g/mol. The summed E-state index contributed by atoms with van der Waals surface area (Å²) in [6, 6.07) is 0. The normalized spacial score (nSPS) is 12.5. The Morgan fingerprint density at radius 1 is 1.54 bits per heavy atom. The van der Waals surface area contributed by atoms with Crippen LogP contribution in [0.25, 0.3) is 0 Å². The van der Waals surface area contributed by atoms with Crippen molar-refractivity contribution >= 4 is 5.91 Å². The monoisotopic (exact) mass is 190 g/mol. The second-order valence-electron chi connectivity index (χ2n) is 2.44. The molecule has 0 bridgehead atoms. The molecule has 0 heterocycles. The van der Waals surface area contributed by atoms with E-state index in [0.717, 1.165) is 5.06 Å². The molecule has 0 radical (unpaired) electrons. The van der Waals surface area contributed by atoms with E-state index in [9.17, 15) is 4.79 Å². The van der Waals surface area contributed by atoms with Crippen molar-refractivity contribution in [2.24, 2.45) is 0 Å². The zero-order chi connectivity index (χ0) is 10.3. The molecule has 1 amide bonds. The van der Waals surface area contributed by atoms with Gasteiger partial charge in [-0.05, 0) is 0 Å². The number of ether oxygens (including phenoxy) is 2. The first kappa shape index (κ1) is 12.2. The summed E-state index contributed by atoms with van der Waals surface area (Å²) in [6.45, 7) is 0. The van der Waals surface area contributed by atoms with Crippen molar-refractivity contribution in [1.29, 1.82) is 0 Å². The molecule has 0 fully saturated rings. The second-order valence-corrected chi connectivity index (χ2v) is 2.44. The Kier molecular flexibility index (Phi) is 6.30. The van der Waals surface area contributed by atoms with Crippen LogP contribution in [-0.4, -0.2) is 38.5 Å². The largest absolute Gasteiger partial charge is 0.352 e. The third-order valence-electron chi connectivity index (χ3n) is 1.67. The van der Waals surface area contributed by atoms with Crippen LogP contribution in [0.15, 0.2) is 0 Å². The molecular formula is C8H16NO4+. The Labute approximate surface area is 78.5 Å². The van der Waals surface area contributed by atoms with E-state index < -0.39 is 6.29 Å². The lowest BCUT2D eigenvalue weighted by molar-refractivity contribution is -0.171. The summed E-state index contributed by atoms with van der Waals surface area (Å²) in [6.07, 6.45) is 0.333. The van der Waals surface area contributed by atoms with E-state index >= 15 is 0 Å². The molecule has 13 heavy (non-hydrogen) atoms. The van der Waals surface area contributed by atoms with Crippen LogP contribution in [0.1, 0.15) is 12.8 Å². The van der Waals surface area contributed by atoms with Gasteiger partial charge in [-0.1, -0.05) is 0 Å². The summed E-state index contributed by atoms with van der Waals surface area (Å²) in [5.74, 6) is -0.124. The van der Waals surface area contributed by atoms with Crippen molar-refractivity contribution < 1.29 is 19.1 Å². The van der Waals surface area contributed by atoms with Gasteiger partial charge in [0.1, 0.15) is 0 Å². The SMILES string of the molecule is [CH2+]OC(CCC(=O)N(C)OC)OC. The molecule has 0 saturated heterocycles. The lowest BCUT2D eigenvalue weighted by Gasteiger charge is -2.14. The van der Waals surface area contributed by atoms with Gasteiger partial charge in [-0.2, -0.15) is 4.74 Å². The highest BCUT2D eigenvalue weighted by atomic mass is 16.7. The fourth-order valence-corrected chi connectivity index (χ4v) is 0.770. The molecule has 1 unspecified atom stereocenters. The number of carbonyl (C=O) groups excluding carboxylic acids is 1. The maximum Gasteiger partial charge on any atom is 0.246 e. The molecule has 1 atom stereocenters. The number of hydrogen-bond acceptors (Lipinski definition) is 4. The molecule has 0 aromatic rings. The molecule has 0 rings (SSSR count). The van der Waals surface area contributed by atoms with Crippen LogP contribution in [-0.2, 0) is 19.1 Å². The summed E-state index contributed by atoms with van der Waals surface area (Å²) in [5, 5.41) is 1.16. The van der Waals surface area contributed by atoms with Crippen LogP contribution in [0.2, 0.25) is 0 Å². The molecule has 0 aliphatic carbocycles. The predicted octanol–water partition coefficient (Wildman–Crippen LogP) is 0.567. The van der Waals surface area contributed by atoms with Crippen LogP contribution >= 0.6 is 0 Å². The molecule has 5 heteroatoms. The summed E-state index contributed by atoms with van der Waals surface area (Å²) < 4.78 is 9.55. The van der Waals surface area contributed by atoms with Gasteiger partial charge in [0, 0.05) is 27.0 Å². The number of rotatable bonds is 6. The fraction of sp³-hybridized carbons (Fsp3) is 0.750. The van der Waals surface area contributed by atoms with E-state index in [0.29, 0.717) is 12.8 Å². The number of hydrogen-bond donors (Lipinski definition) is 0. The van der Waals surface area contributed by atoms with Gasteiger partial charge in [0.25, 0.3) is 0 Å². The van der Waals surface area contributed by atoms with E-state index in [4.69, 9.17) is 9.57 Å². The first-order valence-electron chi connectivity index (χ1n) is 3.90. The van der Waals surface area contributed by atoms with Gasteiger partial charge in [0.15, 0.2) is 0 Å². The van der Waals surface area contributed by atoms with Gasteiger partial charge in [-0.25, -0.2) is 5.06 Å². The minimum Gasteiger partial charge on any atom is -0.352 e. The minimum absolute atomic E-state index is 0.124. The van der Waals surface area contributed by atoms with Gasteiger partial charge >= 0.3 is 0 Å². The first-order valence-corrected chi connectivity index (χ1v) is 3.90. The molecule has 0 saturated carbocycles. The van der Waals surface area contributed by atoms with Crippen LogP contribution in [0.3, 0.4) is 0 Å². The van der Waals surface area contributed by atoms with Crippen LogP contribution in [0.5, 0.6) is 0 Å². The first-order chi connectivity index (χ1) is 6.15. The van der Waals surface area contributed by atoms with E-state index in [2.05, 4.69) is 11.8 Å². The highest BCUT2D eigenvalue weighted by Crippen LogP contribution is 2.04. The quantitative estimate of drug-likeness (QED) is 0.349. The van der Waals surface area contributed by atoms with E-state index in [-0.39, 0.29) is 5.91 Å². The number of amides is 1. The number of nitrogens with zero attached hydrogens (tertiary/aromatic N) is 1. The summed E-state index contributed by atoms with van der Waals surface area (Å²) in [5.41, 5.74) is 0. The van der Waals surface area contributed by atoms with Crippen molar-refractivity contribution in [2.45, 2.75) is 19.1 Å². The predicted molar refractivity (Wildman–Crippen MR) is 46.3 cm³/mol. The van der Waals surface area contributed by atoms with Gasteiger partial charge < -0.3 is 4.74 Å². The summed E-state index contributed by atoms with van der Waals surface area (Å²) in [7, 11) is 7.70. The Morgan fingerprint density at radius 2 is 2.15 bits per heavy atom. The lowest BCUT2D eigenvalue weighted by atomic mass is 10.3. The van der Waals surface area contributed by atoms with Crippen molar-refractivity contribution in [3.63, 3.8) is 0 Å². The fourth-order valence-electron chi connectivity index (χ4n) is 0.770. The molecule has 0 aliphatic heterocycles. The van der Waals surface area contributed by atoms with Crippen molar-refractivity contribution in [1.82, 2.24) is 5.06 Å². The molecule has 0 N–H and O–H groups in total. The highest BCUT2D eigenvalue weighted by molar-refractivity contribution is 5.74. The maximum absolute atomic E-state index is 11.2. The highest BCUT2D eigenvalue weighted by Gasteiger charge is 2.14. The van der Waals surface area contributed by atoms with Crippen LogP contribution in [0, 0.1) is 7.11 Å². The van der Waals surface area contributed by atoms with Crippen molar-refractivity contribution in [2.75, 3.05) is 21.3 Å². The Bertz CT molecular complexity index is 147. The van der Waals surface area contributed by atoms with Gasteiger partial charge in [0.2, 0.25) is 19.3 Å². The lowest BCUT2D eigenvalue weighted by Crippen LogP contribution is -2.26. The third-order valence-corrected chi connectivity index (χ3v) is 1.67. The zero-order valence-corrected chi connectivity index (χ0v) is 8.28. The zero-order valence-electron chi connectivity index (χ0n) is 8.28. The van der Waals surface area contributed by atoms with Gasteiger partial charge in [-0.15, -0.1) is 0 Å². The summed E-state index contributed by atoms with van der Waals surface area (Å²) in [4.78, 5) is 15.9. The molecule has 0 aliphatic rings. The van der Waals surface area contributed by atoms with Crippen LogP contribution in [0.4, 0.5) is 0 Å². The van der Waals surface area contributed by atoms with Crippen molar-refractivity contribution in [3.8, 4) is 0 Å². The average Bonchev–Trinajstić information content (AvgIpc) is 2.17. The van der Waals surface area contributed by atoms with Gasteiger partial charge in [0.05, 0.1) is 7.11 Å². The standard InChI is InChI=1S/C8H16NO4/c1-9(13-4)7(10)5-6-8(11-2)12-3/h8H,2,5-6H2,1,3-4H3/q+1. The molecule has 0 spiro atoms. The van der Waals surface area contributed by atoms with Crippen LogP contribution < -0.4 is 0 Å². The minimum atomic E-state index is -0.436. The van der Waals surface area contributed by atoms with Gasteiger partial charge in [-0.3, -0.25) is 9.63 Å². The third kappa shape index (κ3) is 4.72. The molecule has 76 valence electrons. The Balaban J connectivity index is 3.68. The Hall–Kier alpha value is -0.780. The Morgan fingerprint density at radius 3 is 2.54 bits per heavy atom. The topological polar surface area (TPSA) is 48.0 Å². The smallest absolute Gasteiger partial charge is 0.246 e. The van der Waals surface area contributed by atoms with E-state index in [1.54, 1.807) is 7.05 Å². The maximum atomic E-state index is 11.2. The van der Waals surface area contributed by atoms with E-state index in [1.807, 2.05) is 0 Å². The number of methoxy groups -OCH3 is 1. The number of carbonyl (C=O) groups is 1. The number of hydroxylamine groups is 2.